The predicted molar refractivity (Wildman–Crippen MR) is 81.9 cm³/mol. The van der Waals surface area contributed by atoms with Crippen LogP contribution >= 0.6 is 11.8 Å². The van der Waals surface area contributed by atoms with Crippen LogP contribution in [0, 0.1) is 0 Å². The van der Waals surface area contributed by atoms with E-state index in [-0.39, 0.29) is 10.9 Å². The summed E-state index contributed by atoms with van der Waals surface area (Å²) in [7, 11) is -3.59. The molecule has 2 unspecified atom stereocenters. The summed E-state index contributed by atoms with van der Waals surface area (Å²) >= 11 is 1.89. The molecule has 0 aromatic carbocycles. The van der Waals surface area contributed by atoms with E-state index in [1.165, 1.54) is 12.4 Å². The summed E-state index contributed by atoms with van der Waals surface area (Å²) in [5.74, 6) is 6.41. The fourth-order valence-electron chi connectivity index (χ4n) is 2.43. The van der Waals surface area contributed by atoms with Gasteiger partial charge < -0.3 is 5.43 Å². The van der Waals surface area contributed by atoms with Crippen LogP contribution in [-0.2, 0) is 10.0 Å². The van der Waals surface area contributed by atoms with Gasteiger partial charge in [-0.3, -0.25) is 10.8 Å². The van der Waals surface area contributed by atoms with Crippen LogP contribution < -0.4 is 16.0 Å². The molecular formula is C12H20N4O2S2. The van der Waals surface area contributed by atoms with Crippen LogP contribution in [0.1, 0.15) is 26.2 Å². The number of nitrogens with zero attached hydrogens (tertiary/aromatic N) is 1. The molecular weight excluding hydrogens is 296 g/mol. The van der Waals surface area contributed by atoms with Gasteiger partial charge in [0.05, 0.1) is 5.69 Å². The molecule has 1 aromatic rings. The molecule has 2 atom stereocenters. The molecule has 1 saturated carbocycles. The van der Waals surface area contributed by atoms with Crippen LogP contribution in [0.4, 0.5) is 5.69 Å². The lowest BCUT2D eigenvalue weighted by Gasteiger charge is -2.15. The van der Waals surface area contributed by atoms with Crippen molar-refractivity contribution in [2.24, 2.45) is 5.84 Å². The minimum absolute atomic E-state index is 0.00474. The van der Waals surface area contributed by atoms with Gasteiger partial charge in [-0.25, -0.2) is 13.1 Å². The predicted octanol–water partition coefficient (Wildman–Crippen LogP) is 1.32. The molecule has 1 heterocycles. The molecule has 0 amide bonds. The summed E-state index contributed by atoms with van der Waals surface area (Å²) in [4.78, 5) is 3.95. The van der Waals surface area contributed by atoms with E-state index in [9.17, 15) is 8.42 Å². The zero-order valence-electron chi connectivity index (χ0n) is 11.4. The standard InChI is InChI=1S/C12H20N4O2S2/c1-2-19-10-4-3-9(7-10)16-20(17,18)12-8-14-6-5-11(12)15-13/h5-6,8-10,16H,2-4,7,13H2,1H3,(H,14,15). The summed E-state index contributed by atoms with van der Waals surface area (Å²) in [5.41, 5.74) is 2.74. The molecule has 1 aliphatic carbocycles. The van der Waals surface area contributed by atoms with Crippen LogP contribution in [0.5, 0.6) is 0 Å². The number of aromatic nitrogens is 1. The van der Waals surface area contributed by atoms with E-state index < -0.39 is 10.0 Å². The zero-order chi connectivity index (χ0) is 14.6. The Kier molecular flexibility index (Phi) is 5.25. The van der Waals surface area contributed by atoms with Gasteiger partial charge in [0.15, 0.2) is 0 Å². The first-order valence-corrected chi connectivity index (χ1v) is 9.14. The number of anilines is 1. The van der Waals surface area contributed by atoms with Crippen LogP contribution in [0.15, 0.2) is 23.4 Å². The third-order valence-corrected chi connectivity index (χ3v) is 6.12. The average molecular weight is 316 g/mol. The quantitative estimate of drug-likeness (QED) is 0.541. The third-order valence-electron chi connectivity index (χ3n) is 3.34. The van der Waals surface area contributed by atoms with Crippen LogP contribution in [-0.4, -0.2) is 30.4 Å². The van der Waals surface area contributed by atoms with Gasteiger partial charge in [0.2, 0.25) is 10.0 Å². The maximum atomic E-state index is 12.4. The number of nitrogen functional groups attached to an aromatic ring is 1. The highest BCUT2D eigenvalue weighted by atomic mass is 32.2. The topological polar surface area (TPSA) is 97.1 Å². The molecule has 0 radical (unpaired) electrons. The van der Waals surface area contributed by atoms with Crippen LogP contribution in [0.25, 0.3) is 0 Å². The Morgan fingerprint density at radius 2 is 2.30 bits per heavy atom. The van der Waals surface area contributed by atoms with Crippen molar-refractivity contribution < 1.29 is 8.42 Å². The Bertz CT molecular complexity index is 550. The number of sulfonamides is 1. The van der Waals surface area contributed by atoms with E-state index in [1.807, 2.05) is 11.8 Å². The molecule has 20 heavy (non-hydrogen) atoms. The Hall–Kier alpha value is -0.830. The molecule has 4 N–H and O–H groups in total. The smallest absolute Gasteiger partial charge is 0.244 e. The van der Waals surface area contributed by atoms with Crippen molar-refractivity contribution >= 4 is 27.5 Å². The van der Waals surface area contributed by atoms with Gasteiger partial charge in [0, 0.05) is 23.7 Å². The molecule has 0 spiro atoms. The van der Waals surface area contributed by atoms with Crippen LogP contribution in [0.2, 0.25) is 0 Å². The highest BCUT2D eigenvalue weighted by Crippen LogP contribution is 2.31. The van der Waals surface area contributed by atoms with E-state index >= 15 is 0 Å². The molecule has 112 valence electrons. The number of nitrogens with one attached hydrogen (secondary N) is 2. The fourth-order valence-corrected chi connectivity index (χ4v) is 4.97. The van der Waals surface area contributed by atoms with Gasteiger partial charge in [0.1, 0.15) is 4.90 Å². The van der Waals surface area contributed by atoms with Crippen molar-refractivity contribution in [3.63, 3.8) is 0 Å². The highest BCUT2D eigenvalue weighted by molar-refractivity contribution is 7.99. The normalized spacial score (nSPS) is 22.9. The van der Waals surface area contributed by atoms with Crippen molar-refractivity contribution in [1.82, 2.24) is 9.71 Å². The second kappa shape index (κ2) is 6.75. The largest absolute Gasteiger partial charge is 0.323 e. The van der Waals surface area contributed by atoms with E-state index in [0.29, 0.717) is 10.9 Å². The fraction of sp³-hybridized carbons (Fsp3) is 0.583. The molecule has 6 nitrogen and oxygen atoms in total. The average Bonchev–Trinajstić information content (AvgIpc) is 2.85. The lowest BCUT2D eigenvalue weighted by Crippen LogP contribution is -2.34. The summed E-state index contributed by atoms with van der Waals surface area (Å²) in [6.45, 7) is 2.12. The highest BCUT2D eigenvalue weighted by Gasteiger charge is 2.29. The first kappa shape index (κ1) is 15.6. The summed E-state index contributed by atoms with van der Waals surface area (Å²) in [6.07, 6.45) is 5.62. The molecule has 1 fully saturated rings. The lowest BCUT2D eigenvalue weighted by molar-refractivity contribution is 0.552. The van der Waals surface area contributed by atoms with Crippen molar-refractivity contribution in [3.8, 4) is 0 Å². The monoisotopic (exact) mass is 316 g/mol. The third kappa shape index (κ3) is 3.63. The maximum absolute atomic E-state index is 12.4. The van der Waals surface area contributed by atoms with E-state index in [2.05, 4.69) is 22.1 Å². The first-order chi connectivity index (χ1) is 9.56. The molecule has 1 aromatic heterocycles. The van der Waals surface area contributed by atoms with E-state index in [0.717, 1.165) is 25.0 Å². The van der Waals surface area contributed by atoms with E-state index in [4.69, 9.17) is 5.84 Å². The molecule has 0 bridgehead atoms. The number of hydrogen-bond acceptors (Lipinski definition) is 6. The number of hydrazine groups is 1. The Labute approximate surface area is 123 Å². The first-order valence-electron chi connectivity index (χ1n) is 6.61. The molecule has 1 aliphatic rings. The summed E-state index contributed by atoms with van der Waals surface area (Å²) < 4.78 is 27.5. The van der Waals surface area contributed by atoms with Gasteiger partial charge in [-0.2, -0.15) is 11.8 Å². The molecule has 2 rings (SSSR count). The number of hydrogen-bond donors (Lipinski definition) is 3. The molecule has 0 aliphatic heterocycles. The Morgan fingerprint density at radius 3 is 3.00 bits per heavy atom. The molecule has 8 heteroatoms. The van der Waals surface area contributed by atoms with Gasteiger partial charge >= 0.3 is 0 Å². The summed E-state index contributed by atoms with van der Waals surface area (Å²) in [5, 5.41) is 0.550. The second-order valence-electron chi connectivity index (χ2n) is 4.72. The van der Waals surface area contributed by atoms with Crippen molar-refractivity contribution in [2.45, 2.75) is 42.4 Å². The SMILES string of the molecule is CCSC1CCC(NS(=O)(=O)c2cnccc2NN)C1. The van der Waals surface area contributed by atoms with Gasteiger partial charge in [-0.15, -0.1) is 0 Å². The number of thioether (sulfide) groups is 1. The number of nitrogens with two attached hydrogens (primary N) is 1. The Balaban J connectivity index is 2.08. The van der Waals surface area contributed by atoms with Crippen LogP contribution in [0.3, 0.4) is 0 Å². The number of rotatable bonds is 6. The lowest BCUT2D eigenvalue weighted by atomic mass is 10.3. The Morgan fingerprint density at radius 1 is 1.50 bits per heavy atom. The zero-order valence-corrected chi connectivity index (χ0v) is 13.0. The maximum Gasteiger partial charge on any atom is 0.244 e. The minimum Gasteiger partial charge on any atom is -0.323 e. The molecule has 0 saturated heterocycles. The van der Waals surface area contributed by atoms with Crippen molar-refractivity contribution in [2.75, 3.05) is 11.2 Å². The number of pyridine rings is 1. The van der Waals surface area contributed by atoms with E-state index in [1.54, 1.807) is 6.07 Å². The van der Waals surface area contributed by atoms with Gasteiger partial charge in [-0.05, 0) is 31.1 Å². The summed E-state index contributed by atoms with van der Waals surface area (Å²) in [6, 6.07) is 1.54. The van der Waals surface area contributed by atoms with Gasteiger partial charge in [0.25, 0.3) is 0 Å². The van der Waals surface area contributed by atoms with Crippen molar-refractivity contribution in [1.29, 1.82) is 0 Å². The minimum atomic E-state index is -3.59. The second-order valence-corrected chi connectivity index (χ2v) is 7.98. The van der Waals surface area contributed by atoms with Gasteiger partial charge in [-0.1, -0.05) is 6.92 Å². The van der Waals surface area contributed by atoms with Crippen molar-refractivity contribution in [3.05, 3.63) is 18.5 Å².